The Labute approximate surface area is 113 Å². The largest absolute Gasteiger partial charge is 0.491 e. The quantitative estimate of drug-likeness (QED) is 0.682. The fourth-order valence-electron chi connectivity index (χ4n) is 1.98. The SMILES string of the molecule is CCCOc1cc(NCC2(O)CCOC2)ccc1N. The number of nitrogens with two attached hydrogens (primary N) is 1. The first-order chi connectivity index (χ1) is 9.13. The third kappa shape index (κ3) is 3.75. The lowest BCUT2D eigenvalue weighted by Gasteiger charge is -2.21. The van der Waals surface area contributed by atoms with Gasteiger partial charge in [-0.15, -0.1) is 0 Å². The molecule has 0 aliphatic carbocycles. The van der Waals surface area contributed by atoms with Gasteiger partial charge in [0, 0.05) is 31.3 Å². The van der Waals surface area contributed by atoms with E-state index in [9.17, 15) is 5.11 Å². The molecule has 0 bridgehead atoms. The van der Waals surface area contributed by atoms with E-state index in [4.69, 9.17) is 15.2 Å². The minimum absolute atomic E-state index is 0.383. The molecule has 1 aliphatic heterocycles. The molecule has 2 rings (SSSR count). The van der Waals surface area contributed by atoms with E-state index in [1.165, 1.54) is 0 Å². The van der Waals surface area contributed by atoms with Crippen LogP contribution in [0.4, 0.5) is 11.4 Å². The molecule has 1 aliphatic rings. The van der Waals surface area contributed by atoms with E-state index in [1.807, 2.05) is 25.1 Å². The van der Waals surface area contributed by atoms with Crippen LogP contribution in [0.2, 0.25) is 0 Å². The minimum Gasteiger partial charge on any atom is -0.491 e. The number of aliphatic hydroxyl groups is 1. The van der Waals surface area contributed by atoms with Gasteiger partial charge < -0.3 is 25.6 Å². The molecule has 1 unspecified atom stereocenters. The smallest absolute Gasteiger partial charge is 0.144 e. The van der Waals surface area contributed by atoms with Crippen LogP contribution in [0.1, 0.15) is 19.8 Å². The Morgan fingerprint density at radius 2 is 2.37 bits per heavy atom. The van der Waals surface area contributed by atoms with Crippen LogP contribution < -0.4 is 15.8 Å². The van der Waals surface area contributed by atoms with Gasteiger partial charge in [-0.05, 0) is 18.6 Å². The van der Waals surface area contributed by atoms with Gasteiger partial charge in [-0.25, -0.2) is 0 Å². The molecule has 0 spiro atoms. The topological polar surface area (TPSA) is 76.7 Å². The highest BCUT2D eigenvalue weighted by atomic mass is 16.5. The van der Waals surface area contributed by atoms with Gasteiger partial charge in [0.05, 0.1) is 18.9 Å². The maximum absolute atomic E-state index is 10.2. The summed E-state index contributed by atoms with van der Waals surface area (Å²) in [7, 11) is 0. The lowest BCUT2D eigenvalue weighted by Crippen LogP contribution is -2.37. The van der Waals surface area contributed by atoms with Crippen molar-refractivity contribution in [1.29, 1.82) is 0 Å². The molecule has 1 heterocycles. The molecule has 0 amide bonds. The molecule has 1 saturated heterocycles. The second-order valence-corrected chi connectivity index (χ2v) is 4.98. The number of anilines is 2. The summed E-state index contributed by atoms with van der Waals surface area (Å²) >= 11 is 0. The van der Waals surface area contributed by atoms with Crippen molar-refractivity contribution < 1.29 is 14.6 Å². The number of rotatable bonds is 6. The van der Waals surface area contributed by atoms with Gasteiger partial charge in [-0.2, -0.15) is 0 Å². The predicted molar refractivity (Wildman–Crippen MR) is 75.5 cm³/mol. The molecule has 0 radical (unpaired) electrons. The van der Waals surface area contributed by atoms with E-state index in [0.29, 0.717) is 44.2 Å². The van der Waals surface area contributed by atoms with Crippen molar-refractivity contribution >= 4 is 11.4 Å². The third-order valence-corrected chi connectivity index (χ3v) is 3.18. The van der Waals surface area contributed by atoms with E-state index >= 15 is 0 Å². The molecule has 0 aromatic heterocycles. The van der Waals surface area contributed by atoms with Crippen molar-refractivity contribution in [3.63, 3.8) is 0 Å². The number of benzene rings is 1. The zero-order valence-electron chi connectivity index (χ0n) is 11.3. The highest BCUT2D eigenvalue weighted by Gasteiger charge is 2.31. The summed E-state index contributed by atoms with van der Waals surface area (Å²) in [5.74, 6) is 0.682. The molecular formula is C14H22N2O3. The number of ether oxygens (including phenoxy) is 2. The van der Waals surface area contributed by atoms with E-state index in [1.54, 1.807) is 0 Å². The van der Waals surface area contributed by atoms with Crippen LogP contribution in [0.5, 0.6) is 5.75 Å². The number of hydrogen-bond donors (Lipinski definition) is 3. The summed E-state index contributed by atoms with van der Waals surface area (Å²) in [4.78, 5) is 0. The van der Waals surface area contributed by atoms with Gasteiger partial charge in [-0.3, -0.25) is 0 Å². The first kappa shape index (κ1) is 14.0. The molecule has 1 aromatic carbocycles. The zero-order valence-corrected chi connectivity index (χ0v) is 11.3. The lowest BCUT2D eigenvalue weighted by molar-refractivity contribution is 0.0382. The van der Waals surface area contributed by atoms with Crippen LogP contribution in [-0.2, 0) is 4.74 Å². The molecule has 0 saturated carbocycles. The summed E-state index contributed by atoms with van der Waals surface area (Å²) < 4.78 is 10.8. The Morgan fingerprint density at radius 1 is 1.53 bits per heavy atom. The van der Waals surface area contributed by atoms with Crippen LogP contribution in [-0.4, -0.2) is 37.1 Å². The average Bonchev–Trinajstić information content (AvgIpc) is 2.84. The second kappa shape index (κ2) is 6.12. The van der Waals surface area contributed by atoms with Crippen molar-refractivity contribution in [2.24, 2.45) is 0 Å². The molecule has 1 atom stereocenters. The van der Waals surface area contributed by atoms with E-state index in [-0.39, 0.29) is 0 Å². The Bertz CT molecular complexity index is 417. The maximum Gasteiger partial charge on any atom is 0.144 e. The van der Waals surface area contributed by atoms with Crippen LogP contribution in [0.25, 0.3) is 0 Å². The lowest BCUT2D eigenvalue weighted by atomic mass is 10.0. The van der Waals surface area contributed by atoms with Gasteiger partial charge >= 0.3 is 0 Å². The highest BCUT2D eigenvalue weighted by molar-refractivity contribution is 5.61. The molecular weight excluding hydrogens is 244 g/mol. The van der Waals surface area contributed by atoms with Crippen LogP contribution in [0, 0.1) is 0 Å². The second-order valence-electron chi connectivity index (χ2n) is 4.98. The standard InChI is InChI=1S/C14H22N2O3/c1-2-6-19-13-8-11(3-4-12(13)15)16-9-14(17)5-7-18-10-14/h3-4,8,16-17H,2,5-7,9-10,15H2,1H3. The van der Waals surface area contributed by atoms with Crippen molar-refractivity contribution in [1.82, 2.24) is 0 Å². The average molecular weight is 266 g/mol. The predicted octanol–water partition coefficient (Wildman–Crippen LogP) is 1.62. The summed E-state index contributed by atoms with van der Waals surface area (Å²) in [6, 6.07) is 5.56. The molecule has 5 nitrogen and oxygen atoms in total. The van der Waals surface area contributed by atoms with Crippen molar-refractivity contribution in [3.8, 4) is 5.75 Å². The van der Waals surface area contributed by atoms with Gasteiger partial charge in [0.25, 0.3) is 0 Å². The van der Waals surface area contributed by atoms with Crippen molar-refractivity contribution in [2.45, 2.75) is 25.4 Å². The first-order valence-electron chi connectivity index (χ1n) is 6.69. The molecule has 5 heteroatoms. The minimum atomic E-state index is -0.772. The van der Waals surface area contributed by atoms with Crippen LogP contribution >= 0.6 is 0 Å². The Balaban J connectivity index is 1.96. The Kier molecular flexibility index (Phi) is 4.50. The van der Waals surface area contributed by atoms with Gasteiger partial charge in [0.1, 0.15) is 11.4 Å². The van der Waals surface area contributed by atoms with Gasteiger partial charge in [-0.1, -0.05) is 6.92 Å². The van der Waals surface area contributed by atoms with Gasteiger partial charge in [0.2, 0.25) is 0 Å². The van der Waals surface area contributed by atoms with Crippen molar-refractivity contribution in [2.75, 3.05) is 37.4 Å². The summed E-state index contributed by atoms with van der Waals surface area (Å²) in [5.41, 5.74) is 6.60. The van der Waals surface area contributed by atoms with Crippen LogP contribution in [0.3, 0.4) is 0 Å². The molecule has 19 heavy (non-hydrogen) atoms. The highest BCUT2D eigenvalue weighted by Crippen LogP contribution is 2.26. The third-order valence-electron chi connectivity index (χ3n) is 3.18. The first-order valence-corrected chi connectivity index (χ1v) is 6.69. The molecule has 106 valence electrons. The fraction of sp³-hybridized carbons (Fsp3) is 0.571. The summed E-state index contributed by atoms with van der Waals surface area (Å²) in [6.07, 6.45) is 1.60. The normalized spacial score (nSPS) is 22.4. The number of nitrogens with one attached hydrogen (secondary N) is 1. The van der Waals surface area contributed by atoms with E-state index in [2.05, 4.69) is 5.32 Å². The number of hydrogen-bond acceptors (Lipinski definition) is 5. The summed E-state index contributed by atoms with van der Waals surface area (Å²) in [5, 5.41) is 13.4. The van der Waals surface area contributed by atoms with Gasteiger partial charge in [0.15, 0.2) is 0 Å². The van der Waals surface area contributed by atoms with E-state index in [0.717, 1.165) is 12.1 Å². The Hall–Kier alpha value is -1.46. The van der Waals surface area contributed by atoms with Crippen LogP contribution in [0.15, 0.2) is 18.2 Å². The molecule has 4 N–H and O–H groups in total. The maximum atomic E-state index is 10.2. The van der Waals surface area contributed by atoms with E-state index < -0.39 is 5.60 Å². The zero-order chi connectivity index (χ0) is 13.7. The monoisotopic (exact) mass is 266 g/mol. The fourth-order valence-corrected chi connectivity index (χ4v) is 1.98. The van der Waals surface area contributed by atoms with Crippen molar-refractivity contribution in [3.05, 3.63) is 18.2 Å². The molecule has 1 aromatic rings. The molecule has 1 fully saturated rings. The number of nitrogen functional groups attached to an aromatic ring is 1. The Morgan fingerprint density at radius 3 is 3.05 bits per heavy atom. The summed E-state index contributed by atoms with van der Waals surface area (Å²) in [6.45, 7) is 4.16.